The number of carbonyl (C=O) groups is 1. The highest BCUT2D eigenvalue weighted by Gasteiger charge is 2.06. The average molecular weight is 180 g/mol. The summed E-state index contributed by atoms with van der Waals surface area (Å²) in [5.74, 6) is 10.3. The van der Waals surface area contributed by atoms with Crippen LogP contribution in [0.5, 0.6) is 0 Å². The zero-order valence-electron chi connectivity index (χ0n) is 7.10. The molecule has 0 radical (unpaired) electrons. The highest BCUT2D eigenvalue weighted by molar-refractivity contribution is 5.72. The number of carbonyl (C=O) groups excluding carboxylic acids is 1. The summed E-state index contributed by atoms with van der Waals surface area (Å²) in [5, 5.41) is 1.01. The third-order valence-electron chi connectivity index (χ3n) is 1.58. The lowest BCUT2D eigenvalue weighted by Crippen LogP contribution is -2.46. The monoisotopic (exact) mass is 180 g/mol. The molecule has 0 atom stereocenters. The lowest BCUT2D eigenvalue weighted by molar-refractivity contribution is 0.196. The molecule has 0 bridgehead atoms. The fourth-order valence-corrected chi connectivity index (χ4v) is 0.935. The van der Waals surface area contributed by atoms with Gasteiger partial charge >= 0.3 is 6.03 Å². The third kappa shape index (κ3) is 2.73. The Morgan fingerprint density at radius 1 is 1.38 bits per heavy atom. The van der Waals surface area contributed by atoms with Gasteiger partial charge in [-0.2, -0.15) is 0 Å². The summed E-state index contributed by atoms with van der Waals surface area (Å²) in [7, 11) is 0. The van der Waals surface area contributed by atoms with Gasteiger partial charge in [-0.15, -0.1) is 0 Å². The van der Waals surface area contributed by atoms with Crippen LogP contribution in [0.15, 0.2) is 30.3 Å². The maximum Gasteiger partial charge on any atom is 0.345 e. The van der Waals surface area contributed by atoms with Crippen molar-refractivity contribution in [1.82, 2.24) is 10.4 Å². The Morgan fingerprint density at radius 3 is 2.54 bits per heavy atom. The molecule has 2 amide bonds. The van der Waals surface area contributed by atoms with E-state index in [1.807, 2.05) is 35.8 Å². The molecule has 5 N–H and O–H groups in total. The maximum atomic E-state index is 10.9. The van der Waals surface area contributed by atoms with E-state index in [0.717, 1.165) is 10.6 Å². The number of nitrogens with zero attached hydrogens (tertiary/aromatic N) is 1. The molecule has 0 aliphatic rings. The van der Waals surface area contributed by atoms with E-state index in [1.165, 1.54) is 0 Å². The third-order valence-corrected chi connectivity index (χ3v) is 1.58. The van der Waals surface area contributed by atoms with Crippen molar-refractivity contribution in [2.75, 3.05) is 0 Å². The van der Waals surface area contributed by atoms with Gasteiger partial charge in [0.2, 0.25) is 0 Å². The molecule has 13 heavy (non-hydrogen) atoms. The molecule has 0 aliphatic carbocycles. The Balaban J connectivity index is 2.55. The topological polar surface area (TPSA) is 84.4 Å². The van der Waals surface area contributed by atoms with Crippen LogP contribution in [-0.2, 0) is 6.54 Å². The van der Waals surface area contributed by atoms with Crippen LogP contribution in [0.2, 0.25) is 0 Å². The summed E-state index contributed by atoms with van der Waals surface area (Å²) in [6.45, 7) is 0.337. The molecule has 0 aromatic heterocycles. The SMILES string of the molecule is NNC(=O)N(N)Cc1ccccc1. The minimum Gasteiger partial charge on any atom is -0.275 e. The maximum absolute atomic E-state index is 10.9. The molecule has 70 valence electrons. The fourth-order valence-electron chi connectivity index (χ4n) is 0.935. The Labute approximate surface area is 76.3 Å². The van der Waals surface area contributed by atoms with Crippen LogP contribution in [0.1, 0.15) is 5.56 Å². The summed E-state index contributed by atoms with van der Waals surface area (Å²) in [6, 6.07) is 8.90. The second kappa shape index (κ2) is 4.44. The largest absolute Gasteiger partial charge is 0.345 e. The highest BCUT2D eigenvalue weighted by atomic mass is 16.2. The Hall–Kier alpha value is -1.59. The fraction of sp³-hybridized carbons (Fsp3) is 0.125. The first-order chi connectivity index (χ1) is 6.24. The van der Waals surface area contributed by atoms with E-state index >= 15 is 0 Å². The molecule has 0 saturated heterocycles. The highest BCUT2D eigenvalue weighted by Crippen LogP contribution is 2.00. The number of urea groups is 1. The summed E-state index contributed by atoms with van der Waals surface area (Å²) < 4.78 is 0. The van der Waals surface area contributed by atoms with Crippen molar-refractivity contribution >= 4 is 6.03 Å². The summed E-state index contributed by atoms with van der Waals surface area (Å²) in [4.78, 5) is 10.9. The van der Waals surface area contributed by atoms with Crippen molar-refractivity contribution in [3.05, 3.63) is 35.9 Å². The molecule has 0 unspecified atom stereocenters. The summed E-state index contributed by atoms with van der Waals surface area (Å²) in [6.07, 6.45) is 0. The second-order valence-corrected chi connectivity index (χ2v) is 2.56. The number of hydrazine groups is 2. The molecule has 0 heterocycles. The van der Waals surface area contributed by atoms with Gasteiger partial charge in [-0.3, -0.25) is 10.4 Å². The van der Waals surface area contributed by atoms with Crippen molar-refractivity contribution in [2.45, 2.75) is 6.54 Å². The van der Waals surface area contributed by atoms with Crippen LogP contribution in [0, 0.1) is 0 Å². The van der Waals surface area contributed by atoms with Gasteiger partial charge in [0.25, 0.3) is 0 Å². The molecule has 1 aromatic rings. The standard InChI is InChI=1S/C8H12N4O/c9-11-8(13)12(10)6-7-4-2-1-3-5-7/h1-5H,6,9-10H2,(H,11,13). The average Bonchev–Trinajstić information content (AvgIpc) is 2.18. The molecule has 5 nitrogen and oxygen atoms in total. The lowest BCUT2D eigenvalue weighted by Gasteiger charge is -2.15. The minimum atomic E-state index is -0.510. The number of hydrogen-bond acceptors (Lipinski definition) is 3. The van der Waals surface area contributed by atoms with Crippen LogP contribution in [-0.4, -0.2) is 11.0 Å². The first kappa shape index (κ1) is 9.50. The first-order valence-electron chi connectivity index (χ1n) is 3.81. The number of nitrogens with one attached hydrogen (secondary N) is 1. The molecular formula is C8H12N4O. The molecule has 1 rings (SSSR count). The van der Waals surface area contributed by atoms with Crippen molar-refractivity contribution in [3.8, 4) is 0 Å². The number of nitrogens with two attached hydrogens (primary N) is 2. The van der Waals surface area contributed by atoms with Crippen LogP contribution >= 0.6 is 0 Å². The van der Waals surface area contributed by atoms with Crippen LogP contribution in [0.25, 0.3) is 0 Å². The van der Waals surface area contributed by atoms with Crippen molar-refractivity contribution in [2.24, 2.45) is 11.7 Å². The number of hydrogen-bond donors (Lipinski definition) is 3. The van der Waals surface area contributed by atoms with Crippen LogP contribution in [0.3, 0.4) is 0 Å². The Kier molecular flexibility index (Phi) is 3.24. The zero-order valence-corrected chi connectivity index (χ0v) is 7.10. The number of amides is 2. The van der Waals surface area contributed by atoms with Gasteiger partial charge in [0.1, 0.15) is 0 Å². The molecule has 0 aliphatic heterocycles. The summed E-state index contributed by atoms with van der Waals surface area (Å²) >= 11 is 0. The van der Waals surface area contributed by atoms with Crippen molar-refractivity contribution in [1.29, 1.82) is 0 Å². The van der Waals surface area contributed by atoms with E-state index in [9.17, 15) is 4.79 Å². The van der Waals surface area contributed by atoms with E-state index in [1.54, 1.807) is 0 Å². The van der Waals surface area contributed by atoms with Gasteiger partial charge in [-0.1, -0.05) is 30.3 Å². The van der Waals surface area contributed by atoms with Gasteiger partial charge in [0.05, 0.1) is 6.54 Å². The first-order valence-corrected chi connectivity index (χ1v) is 3.81. The predicted octanol–water partition coefficient (Wildman–Crippen LogP) is -0.0544. The van der Waals surface area contributed by atoms with Crippen molar-refractivity contribution in [3.63, 3.8) is 0 Å². The van der Waals surface area contributed by atoms with E-state index in [2.05, 4.69) is 0 Å². The van der Waals surface area contributed by atoms with E-state index in [4.69, 9.17) is 11.7 Å². The van der Waals surface area contributed by atoms with Gasteiger partial charge < -0.3 is 0 Å². The molecular weight excluding hydrogens is 168 g/mol. The quantitative estimate of drug-likeness (QED) is 0.339. The van der Waals surface area contributed by atoms with E-state index in [0.29, 0.717) is 6.54 Å². The normalized spacial score (nSPS) is 9.38. The van der Waals surface area contributed by atoms with Gasteiger partial charge in [-0.05, 0) is 5.56 Å². The summed E-state index contributed by atoms with van der Waals surface area (Å²) in [5.41, 5.74) is 2.90. The molecule has 0 fully saturated rings. The zero-order chi connectivity index (χ0) is 9.68. The van der Waals surface area contributed by atoms with Gasteiger partial charge in [0.15, 0.2) is 0 Å². The molecule has 1 aromatic carbocycles. The number of benzene rings is 1. The van der Waals surface area contributed by atoms with Gasteiger partial charge in [-0.25, -0.2) is 16.5 Å². The Morgan fingerprint density at radius 2 is 2.00 bits per heavy atom. The second-order valence-electron chi connectivity index (χ2n) is 2.56. The van der Waals surface area contributed by atoms with Crippen molar-refractivity contribution < 1.29 is 4.79 Å². The molecule has 5 heteroatoms. The van der Waals surface area contributed by atoms with E-state index < -0.39 is 6.03 Å². The van der Waals surface area contributed by atoms with Crippen LogP contribution < -0.4 is 17.1 Å². The number of rotatable bonds is 2. The van der Waals surface area contributed by atoms with E-state index in [-0.39, 0.29) is 0 Å². The van der Waals surface area contributed by atoms with Crippen LogP contribution in [0.4, 0.5) is 4.79 Å². The minimum absolute atomic E-state index is 0.337. The lowest BCUT2D eigenvalue weighted by atomic mass is 10.2. The van der Waals surface area contributed by atoms with Gasteiger partial charge in [0, 0.05) is 0 Å². The molecule has 0 saturated carbocycles. The smallest absolute Gasteiger partial charge is 0.275 e. The molecule has 0 spiro atoms. The predicted molar refractivity (Wildman–Crippen MR) is 48.9 cm³/mol. The Bertz CT molecular complexity index is 275.